The minimum Gasteiger partial charge on any atom is -0.0654 e. The molecule has 0 N–H and O–H groups in total. The zero-order valence-electron chi connectivity index (χ0n) is 13.7. The molecule has 4 atom stereocenters. The van der Waals surface area contributed by atoms with Gasteiger partial charge in [0.2, 0.25) is 0 Å². The van der Waals surface area contributed by atoms with E-state index in [1.807, 2.05) is 0 Å². The molecule has 0 aliphatic heterocycles. The molecule has 0 fully saturated rings. The largest absolute Gasteiger partial charge is 0.0654 e. The molecule has 0 spiro atoms. The first-order chi connectivity index (χ1) is 8.54. The van der Waals surface area contributed by atoms with Gasteiger partial charge in [-0.05, 0) is 36.5 Å². The Bertz CT molecular complexity index is 173. The lowest BCUT2D eigenvalue weighted by molar-refractivity contribution is 0.240. The highest BCUT2D eigenvalue weighted by atomic mass is 14.2. The molecule has 109 valence electrons. The van der Waals surface area contributed by atoms with Crippen molar-refractivity contribution in [1.82, 2.24) is 0 Å². The van der Waals surface area contributed by atoms with E-state index in [0.29, 0.717) is 0 Å². The van der Waals surface area contributed by atoms with Gasteiger partial charge in [-0.15, -0.1) is 0 Å². The van der Waals surface area contributed by atoms with Crippen molar-refractivity contribution in [1.29, 1.82) is 0 Å². The monoisotopic (exact) mass is 253 g/mol. The van der Waals surface area contributed by atoms with E-state index in [-0.39, 0.29) is 0 Å². The minimum atomic E-state index is 0.867. The fourth-order valence-electron chi connectivity index (χ4n) is 3.02. The van der Waals surface area contributed by atoms with E-state index in [1.54, 1.807) is 0 Å². The lowest BCUT2D eigenvalue weighted by Gasteiger charge is -2.27. The van der Waals surface area contributed by atoms with E-state index < -0.39 is 0 Å². The summed E-state index contributed by atoms with van der Waals surface area (Å²) < 4.78 is 0. The Labute approximate surface area is 117 Å². The smallest absolute Gasteiger partial charge is 0.0386 e. The van der Waals surface area contributed by atoms with Crippen LogP contribution in [0, 0.1) is 30.6 Å². The van der Waals surface area contributed by atoms with Crippen molar-refractivity contribution in [2.24, 2.45) is 23.7 Å². The third-order valence-electron chi connectivity index (χ3n) is 4.68. The van der Waals surface area contributed by atoms with Gasteiger partial charge < -0.3 is 0 Å². The Morgan fingerprint density at radius 1 is 0.833 bits per heavy atom. The molecule has 0 aromatic heterocycles. The molecule has 18 heavy (non-hydrogen) atoms. The molecule has 0 saturated carbocycles. The zero-order chi connectivity index (χ0) is 14.0. The van der Waals surface area contributed by atoms with Gasteiger partial charge in [0.1, 0.15) is 0 Å². The van der Waals surface area contributed by atoms with Gasteiger partial charge in [0, 0.05) is 0 Å². The van der Waals surface area contributed by atoms with Crippen molar-refractivity contribution < 1.29 is 0 Å². The average molecular weight is 253 g/mol. The number of hydrogen-bond acceptors (Lipinski definition) is 0. The Balaban J connectivity index is 4.23. The van der Waals surface area contributed by atoms with E-state index in [0.717, 1.165) is 30.1 Å². The minimum absolute atomic E-state index is 0.867. The Morgan fingerprint density at radius 2 is 1.50 bits per heavy atom. The van der Waals surface area contributed by atoms with Crippen molar-refractivity contribution in [3.8, 4) is 0 Å². The molecule has 0 aliphatic rings. The maximum Gasteiger partial charge on any atom is -0.0386 e. The predicted octanol–water partition coefficient (Wildman–Crippen LogP) is 6.51. The van der Waals surface area contributed by atoms with E-state index in [1.165, 1.54) is 44.9 Å². The van der Waals surface area contributed by atoms with Crippen LogP contribution >= 0.6 is 0 Å². The second-order valence-corrected chi connectivity index (χ2v) is 6.60. The van der Waals surface area contributed by atoms with Crippen LogP contribution < -0.4 is 0 Å². The molecule has 0 aliphatic carbocycles. The Kier molecular flexibility index (Phi) is 10.9. The van der Waals surface area contributed by atoms with Crippen LogP contribution in [-0.2, 0) is 0 Å². The van der Waals surface area contributed by atoms with Gasteiger partial charge >= 0.3 is 0 Å². The molecule has 0 heterocycles. The van der Waals surface area contributed by atoms with Gasteiger partial charge in [0.05, 0.1) is 0 Å². The lowest BCUT2D eigenvalue weighted by atomic mass is 9.78. The van der Waals surface area contributed by atoms with E-state index >= 15 is 0 Å². The van der Waals surface area contributed by atoms with Gasteiger partial charge in [-0.1, -0.05) is 80.1 Å². The first kappa shape index (κ1) is 18.0. The van der Waals surface area contributed by atoms with Crippen LogP contribution in [0.5, 0.6) is 0 Å². The van der Waals surface area contributed by atoms with E-state index in [9.17, 15) is 0 Å². The number of rotatable bonds is 11. The van der Waals surface area contributed by atoms with Crippen LogP contribution in [0.2, 0.25) is 0 Å². The van der Waals surface area contributed by atoms with Gasteiger partial charge in [-0.25, -0.2) is 0 Å². The summed E-state index contributed by atoms with van der Waals surface area (Å²) in [6.07, 6.45) is 10.8. The van der Waals surface area contributed by atoms with Crippen LogP contribution in [-0.4, -0.2) is 0 Å². The molecule has 0 heteroatoms. The quantitative estimate of drug-likeness (QED) is 0.394. The van der Waals surface area contributed by atoms with Gasteiger partial charge in [0.25, 0.3) is 0 Å². The second kappa shape index (κ2) is 10.9. The van der Waals surface area contributed by atoms with Gasteiger partial charge in [-0.2, -0.15) is 0 Å². The summed E-state index contributed by atoms with van der Waals surface area (Å²) in [5, 5.41) is 0. The standard InChI is InChI=1S/C18H37/c1-7-10-16(5)14-18(17(6)11-8-2)13-12-15(4)9-3/h15-18H,2,7-14H2,1,3-6H3. The Morgan fingerprint density at radius 3 is 2.00 bits per heavy atom. The molecule has 0 saturated heterocycles. The van der Waals surface area contributed by atoms with E-state index in [2.05, 4.69) is 41.5 Å². The molecule has 0 nitrogen and oxygen atoms in total. The third kappa shape index (κ3) is 8.16. The molecular weight excluding hydrogens is 216 g/mol. The zero-order valence-corrected chi connectivity index (χ0v) is 13.7. The first-order valence-corrected chi connectivity index (χ1v) is 8.34. The Hall–Kier alpha value is 0. The molecule has 0 amide bonds. The van der Waals surface area contributed by atoms with Crippen molar-refractivity contribution in [3.63, 3.8) is 0 Å². The van der Waals surface area contributed by atoms with Crippen LogP contribution in [0.3, 0.4) is 0 Å². The molecule has 4 unspecified atom stereocenters. The summed E-state index contributed by atoms with van der Waals surface area (Å²) in [5.74, 6) is 3.61. The summed E-state index contributed by atoms with van der Waals surface area (Å²) in [6.45, 7) is 16.0. The second-order valence-electron chi connectivity index (χ2n) is 6.60. The van der Waals surface area contributed by atoms with Crippen LogP contribution in [0.15, 0.2) is 0 Å². The maximum atomic E-state index is 4.03. The summed E-state index contributed by atoms with van der Waals surface area (Å²) in [4.78, 5) is 0. The number of hydrogen-bond donors (Lipinski definition) is 0. The summed E-state index contributed by atoms with van der Waals surface area (Å²) in [5.41, 5.74) is 0. The van der Waals surface area contributed by atoms with Crippen molar-refractivity contribution in [3.05, 3.63) is 6.92 Å². The van der Waals surface area contributed by atoms with E-state index in [4.69, 9.17) is 0 Å². The molecular formula is C18H37. The topological polar surface area (TPSA) is 0 Å². The maximum absolute atomic E-state index is 4.03. The molecule has 0 rings (SSSR count). The van der Waals surface area contributed by atoms with Crippen LogP contribution in [0.25, 0.3) is 0 Å². The van der Waals surface area contributed by atoms with Crippen molar-refractivity contribution in [2.75, 3.05) is 0 Å². The molecule has 0 aromatic carbocycles. The highest BCUT2D eigenvalue weighted by Crippen LogP contribution is 2.31. The lowest BCUT2D eigenvalue weighted by Crippen LogP contribution is -2.16. The molecule has 0 bridgehead atoms. The molecule has 1 radical (unpaired) electrons. The van der Waals surface area contributed by atoms with Crippen molar-refractivity contribution >= 4 is 0 Å². The van der Waals surface area contributed by atoms with Crippen molar-refractivity contribution in [2.45, 2.75) is 86.0 Å². The predicted molar refractivity (Wildman–Crippen MR) is 84.6 cm³/mol. The SMILES string of the molecule is [CH2]CCC(C)C(CCC(C)CC)CC(C)CCC. The fourth-order valence-corrected chi connectivity index (χ4v) is 3.02. The van der Waals surface area contributed by atoms with Crippen LogP contribution in [0.1, 0.15) is 86.0 Å². The normalized spacial score (nSPS) is 18.3. The fraction of sp³-hybridized carbons (Fsp3) is 0.944. The van der Waals surface area contributed by atoms with Crippen LogP contribution in [0.4, 0.5) is 0 Å². The third-order valence-corrected chi connectivity index (χ3v) is 4.68. The summed E-state index contributed by atoms with van der Waals surface area (Å²) in [6, 6.07) is 0. The summed E-state index contributed by atoms with van der Waals surface area (Å²) in [7, 11) is 0. The highest BCUT2D eigenvalue weighted by Gasteiger charge is 2.19. The highest BCUT2D eigenvalue weighted by molar-refractivity contribution is 4.71. The average Bonchev–Trinajstić information content (AvgIpc) is 2.34. The molecule has 0 aromatic rings. The van der Waals surface area contributed by atoms with Gasteiger partial charge in [0.15, 0.2) is 0 Å². The first-order valence-electron chi connectivity index (χ1n) is 8.34. The van der Waals surface area contributed by atoms with Gasteiger partial charge in [-0.3, -0.25) is 0 Å². The summed E-state index contributed by atoms with van der Waals surface area (Å²) >= 11 is 0.